The van der Waals surface area contributed by atoms with Crippen LogP contribution in [-0.4, -0.2) is 24.7 Å². The van der Waals surface area contributed by atoms with E-state index in [0.29, 0.717) is 6.61 Å². The maximum absolute atomic E-state index is 11.7. The molecule has 0 bridgehead atoms. The van der Waals surface area contributed by atoms with Crippen molar-refractivity contribution in [3.05, 3.63) is 71.3 Å². The highest BCUT2D eigenvalue weighted by atomic mass is 32.1. The van der Waals surface area contributed by atoms with Crippen LogP contribution >= 0.6 is 11.3 Å². The van der Waals surface area contributed by atoms with Crippen LogP contribution in [0.1, 0.15) is 17.5 Å². The highest BCUT2D eigenvalue weighted by Crippen LogP contribution is 2.27. The van der Waals surface area contributed by atoms with E-state index >= 15 is 0 Å². The molecule has 0 saturated heterocycles. The van der Waals surface area contributed by atoms with Gasteiger partial charge in [0.15, 0.2) is 0 Å². The topological polar surface area (TPSA) is 48.4 Å². The third-order valence-corrected chi connectivity index (χ3v) is 4.68. The second-order valence-corrected chi connectivity index (χ2v) is 6.50. The van der Waals surface area contributed by atoms with E-state index < -0.39 is 0 Å². The van der Waals surface area contributed by atoms with Crippen LogP contribution in [-0.2, 0) is 9.53 Å². The Hall–Kier alpha value is -2.92. The molecule has 0 spiro atoms. The minimum atomic E-state index is -0.365. The molecule has 0 amide bonds. The zero-order valence-corrected chi connectivity index (χ0v) is 15.5. The number of ether oxygens (including phenoxy) is 2. The molecule has 3 aromatic rings. The maximum atomic E-state index is 11.7. The SMILES string of the molecule is CCOC(=O)/C=C/C(=C/c1nc2ccccc2s1)c1ccc(OC)cc1. The average Bonchev–Trinajstić information content (AvgIpc) is 3.08. The number of esters is 1. The number of rotatable bonds is 6. The largest absolute Gasteiger partial charge is 0.497 e. The van der Waals surface area contributed by atoms with E-state index in [2.05, 4.69) is 4.98 Å². The van der Waals surface area contributed by atoms with Crippen LogP contribution in [0.25, 0.3) is 21.9 Å². The van der Waals surface area contributed by atoms with Crippen molar-refractivity contribution in [3.8, 4) is 5.75 Å². The quantitative estimate of drug-likeness (QED) is 0.352. The van der Waals surface area contributed by atoms with Crippen molar-refractivity contribution in [1.82, 2.24) is 4.98 Å². The first kappa shape index (κ1) is 17.9. The summed E-state index contributed by atoms with van der Waals surface area (Å²) in [6.07, 6.45) is 5.17. The Labute approximate surface area is 156 Å². The van der Waals surface area contributed by atoms with Gasteiger partial charge < -0.3 is 9.47 Å². The fourth-order valence-corrected chi connectivity index (χ4v) is 3.36. The molecule has 0 aliphatic rings. The van der Waals surface area contributed by atoms with Crippen molar-refractivity contribution in [2.24, 2.45) is 0 Å². The molecule has 0 radical (unpaired) electrons. The van der Waals surface area contributed by atoms with E-state index in [4.69, 9.17) is 9.47 Å². The third-order valence-electron chi connectivity index (χ3n) is 3.70. The number of thiazole rings is 1. The molecule has 0 N–H and O–H groups in total. The number of hydrogen-bond acceptors (Lipinski definition) is 5. The summed E-state index contributed by atoms with van der Waals surface area (Å²) < 4.78 is 11.3. The molecular weight excluding hydrogens is 346 g/mol. The van der Waals surface area contributed by atoms with Gasteiger partial charge in [0.2, 0.25) is 0 Å². The van der Waals surface area contributed by atoms with Crippen molar-refractivity contribution < 1.29 is 14.3 Å². The number of aromatic nitrogens is 1. The number of allylic oxidation sites excluding steroid dienone is 2. The molecular formula is C21H19NO3S. The number of carbonyl (C=O) groups is 1. The molecule has 1 heterocycles. The van der Waals surface area contributed by atoms with Gasteiger partial charge in [0.05, 0.1) is 23.9 Å². The predicted molar refractivity (Wildman–Crippen MR) is 106 cm³/mol. The number of benzene rings is 2. The Morgan fingerprint density at radius 3 is 2.58 bits per heavy atom. The summed E-state index contributed by atoms with van der Waals surface area (Å²) in [6.45, 7) is 2.13. The zero-order chi connectivity index (χ0) is 18.4. The van der Waals surface area contributed by atoms with Crippen LogP contribution in [0.15, 0.2) is 60.7 Å². The van der Waals surface area contributed by atoms with Gasteiger partial charge in [0, 0.05) is 6.08 Å². The van der Waals surface area contributed by atoms with Gasteiger partial charge in [-0.25, -0.2) is 9.78 Å². The van der Waals surface area contributed by atoms with Gasteiger partial charge in [0.25, 0.3) is 0 Å². The molecule has 2 aromatic carbocycles. The van der Waals surface area contributed by atoms with Gasteiger partial charge in [-0.2, -0.15) is 0 Å². The maximum Gasteiger partial charge on any atom is 0.330 e. The molecule has 132 valence electrons. The van der Waals surface area contributed by atoms with Gasteiger partial charge in [-0.3, -0.25) is 0 Å². The van der Waals surface area contributed by atoms with Crippen molar-refractivity contribution in [1.29, 1.82) is 0 Å². The summed E-state index contributed by atoms with van der Waals surface area (Å²) in [5.41, 5.74) is 2.80. The van der Waals surface area contributed by atoms with E-state index in [-0.39, 0.29) is 5.97 Å². The van der Waals surface area contributed by atoms with Crippen LogP contribution in [0.5, 0.6) is 5.75 Å². The highest BCUT2D eigenvalue weighted by Gasteiger charge is 2.05. The van der Waals surface area contributed by atoms with Crippen LogP contribution < -0.4 is 4.74 Å². The van der Waals surface area contributed by atoms with Crippen LogP contribution in [0.4, 0.5) is 0 Å². The van der Waals surface area contributed by atoms with E-state index in [0.717, 1.165) is 32.1 Å². The van der Waals surface area contributed by atoms with Crippen molar-refractivity contribution in [2.75, 3.05) is 13.7 Å². The molecule has 0 atom stereocenters. The number of carbonyl (C=O) groups excluding carboxylic acids is 1. The fraction of sp³-hybridized carbons (Fsp3) is 0.143. The lowest BCUT2D eigenvalue weighted by Gasteiger charge is -2.05. The third kappa shape index (κ3) is 4.37. The first-order valence-electron chi connectivity index (χ1n) is 8.26. The zero-order valence-electron chi connectivity index (χ0n) is 14.6. The van der Waals surface area contributed by atoms with Crippen molar-refractivity contribution in [2.45, 2.75) is 6.92 Å². The van der Waals surface area contributed by atoms with E-state index in [1.165, 1.54) is 6.08 Å². The Bertz CT molecular complexity index is 922. The second kappa shape index (κ2) is 8.45. The summed E-state index contributed by atoms with van der Waals surface area (Å²) >= 11 is 1.61. The normalized spacial score (nSPS) is 11.8. The van der Waals surface area contributed by atoms with Gasteiger partial charge in [-0.15, -0.1) is 11.3 Å². The first-order valence-corrected chi connectivity index (χ1v) is 9.08. The predicted octanol–water partition coefficient (Wildman–Crippen LogP) is 4.96. The number of fused-ring (bicyclic) bond motifs is 1. The lowest BCUT2D eigenvalue weighted by molar-refractivity contribution is -0.137. The lowest BCUT2D eigenvalue weighted by atomic mass is 10.0. The second-order valence-electron chi connectivity index (χ2n) is 5.43. The number of methoxy groups -OCH3 is 1. The standard InChI is InChI=1S/C21H19NO3S/c1-3-25-21(23)13-10-16(15-8-11-17(24-2)12-9-15)14-20-22-18-6-4-5-7-19(18)26-20/h4-14H,3H2,1-2H3/b13-10+,16-14-. The molecule has 4 nitrogen and oxygen atoms in total. The van der Waals surface area contributed by atoms with Gasteiger partial charge in [-0.05, 0) is 54.5 Å². The van der Waals surface area contributed by atoms with Gasteiger partial charge in [0.1, 0.15) is 10.8 Å². The first-order chi connectivity index (χ1) is 12.7. The fourth-order valence-electron chi connectivity index (χ4n) is 2.44. The van der Waals surface area contributed by atoms with Gasteiger partial charge >= 0.3 is 5.97 Å². The molecule has 26 heavy (non-hydrogen) atoms. The summed E-state index contributed by atoms with van der Waals surface area (Å²) in [5, 5.41) is 0.880. The summed E-state index contributed by atoms with van der Waals surface area (Å²) in [5.74, 6) is 0.415. The number of hydrogen-bond donors (Lipinski definition) is 0. The van der Waals surface area contributed by atoms with E-state index in [9.17, 15) is 4.79 Å². The van der Waals surface area contributed by atoms with E-state index in [1.807, 2.05) is 54.6 Å². The summed E-state index contributed by atoms with van der Waals surface area (Å²) in [7, 11) is 1.63. The Morgan fingerprint density at radius 1 is 1.12 bits per heavy atom. The molecule has 3 rings (SSSR count). The average molecular weight is 365 g/mol. The summed E-state index contributed by atoms with van der Waals surface area (Å²) in [6, 6.07) is 15.7. The Morgan fingerprint density at radius 2 is 1.88 bits per heavy atom. The Kier molecular flexibility index (Phi) is 5.81. The van der Waals surface area contributed by atoms with Crippen molar-refractivity contribution in [3.63, 3.8) is 0 Å². The minimum Gasteiger partial charge on any atom is -0.497 e. The van der Waals surface area contributed by atoms with Gasteiger partial charge in [-0.1, -0.05) is 24.3 Å². The summed E-state index contributed by atoms with van der Waals surface area (Å²) in [4.78, 5) is 16.3. The minimum absolute atomic E-state index is 0.350. The molecule has 0 aliphatic heterocycles. The molecule has 0 unspecified atom stereocenters. The van der Waals surface area contributed by atoms with Crippen LogP contribution in [0.3, 0.4) is 0 Å². The monoisotopic (exact) mass is 365 g/mol. The lowest BCUT2D eigenvalue weighted by Crippen LogP contribution is -1.99. The van der Waals surface area contributed by atoms with Crippen LogP contribution in [0, 0.1) is 0 Å². The molecule has 1 aromatic heterocycles. The molecule has 5 heteroatoms. The smallest absolute Gasteiger partial charge is 0.330 e. The molecule has 0 aliphatic carbocycles. The van der Waals surface area contributed by atoms with Crippen molar-refractivity contribution >= 4 is 39.2 Å². The Balaban J connectivity index is 1.98. The molecule has 0 saturated carbocycles. The van der Waals surface area contributed by atoms with Crippen LogP contribution in [0.2, 0.25) is 0 Å². The highest BCUT2D eigenvalue weighted by molar-refractivity contribution is 7.19. The molecule has 0 fully saturated rings. The number of para-hydroxylation sites is 1. The van der Waals surface area contributed by atoms with E-state index in [1.54, 1.807) is 31.4 Å². The number of nitrogens with zero attached hydrogens (tertiary/aromatic N) is 1.